The van der Waals surface area contributed by atoms with Crippen molar-refractivity contribution in [2.24, 2.45) is 0 Å². The van der Waals surface area contributed by atoms with Gasteiger partial charge < -0.3 is 4.98 Å². The van der Waals surface area contributed by atoms with Crippen molar-refractivity contribution in [3.05, 3.63) is 58.1 Å². The quantitative estimate of drug-likeness (QED) is 0.583. The number of aromatic nitrogens is 5. The molecule has 3 aromatic heterocycles. The molecule has 4 aromatic rings. The molecule has 0 unspecified atom stereocenters. The zero-order valence-corrected chi connectivity index (χ0v) is 12.2. The Labute approximate surface area is 125 Å². The van der Waals surface area contributed by atoms with E-state index in [-0.39, 0.29) is 5.56 Å². The van der Waals surface area contributed by atoms with E-state index in [0.717, 1.165) is 22.5 Å². The predicted molar refractivity (Wildman–Crippen MR) is 83.8 cm³/mol. The van der Waals surface area contributed by atoms with Crippen LogP contribution in [0.5, 0.6) is 0 Å². The maximum atomic E-state index is 12.0. The van der Waals surface area contributed by atoms with Crippen molar-refractivity contribution < 1.29 is 0 Å². The van der Waals surface area contributed by atoms with E-state index in [1.54, 1.807) is 4.52 Å². The van der Waals surface area contributed by atoms with Gasteiger partial charge in [-0.1, -0.05) is 30.3 Å². The lowest BCUT2D eigenvalue weighted by molar-refractivity contribution is 0.916. The molecular weight excluding hydrogens is 278 g/mol. The number of hydrogen-bond acceptors (Lipinski definition) is 4. The molecule has 108 valence electrons. The molecule has 0 aliphatic heterocycles. The maximum absolute atomic E-state index is 12.0. The zero-order chi connectivity index (χ0) is 15.3. The average Bonchev–Trinajstić information content (AvgIpc) is 2.84. The number of hydrogen-bond donors (Lipinski definition) is 1. The second kappa shape index (κ2) is 4.49. The van der Waals surface area contributed by atoms with Crippen LogP contribution in [0.1, 0.15) is 11.4 Å². The first kappa shape index (κ1) is 12.7. The van der Waals surface area contributed by atoms with Crippen LogP contribution >= 0.6 is 0 Å². The van der Waals surface area contributed by atoms with Crippen molar-refractivity contribution in [1.82, 2.24) is 24.8 Å². The highest BCUT2D eigenvalue weighted by molar-refractivity contribution is 5.84. The third-order valence-corrected chi connectivity index (χ3v) is 3.69. The van der Waals surface area contributed by atoms with E-state index in [0.29, 0.717) is 16.7 Å². The van der Waals surface area contributed by atoms with Crippen molar-refractivity contribution in [3.63, 3.8) is 0 Å². The highest BCUT2D eigenvalue weighted by atomic mass is 16.1. The Kier molecular flexibility index (Phi) is 2.59. The summed E-state index contributed by atoms with van der Waals surface area (Å²) in [7, 11) is 0. The molecule has 1 N–H and O–H groups in total. The smallest absolute Gasteiger partial charge is 0.278 e. The van der Waals surface area contributed by atoms with Gasteiger partial charge in [-0.25, -0.2) is 4.52 Å². The van der Waals surface area contributed by atoms with E-state index < -0.39 is 0 Å². The van der Waals surface area contributed by atoms with E-state index in [1.807, 2.05) is 50.2 Å². The van der Waals surface area contributed by atoms with Crippen LogP contribution in [0, 0.1) is 13.8 Å². The summed E-state index contributed by atoms with van der Waals surface area (Å²) in [5.41, 5.74) is 4.95. The second-order valence-electron chi connectivity index (χ2n) is 5.28. The molecule has 0 aliphatic carbocycles. The van der Waals surface area contributed by atoms with Gasteiger partial charge in [-0.3, -0.25) is 4.79 Å². The molecule has 0 saturated carbocycles. The fourth-order valence-electron chi connectivity index (χ4n) is 2.74. The van der Waals surface area contributed by atoms with Crippen molar-refractivity contribution >= 4 is 16.7 Å². The summed E-state index contributed by atoms with van der Waals surface area (Å²) in [6.45, 7) is 3.77. The van der Waals surface area contributed by atoms with Crippen LogP contribution in [0.2, 0.25) is 0 Å². The molecule has 3 heterocycles. The Morgan fingerprint density at radius 3 is 2.64 bits per heavy atom. The first-order chi connectivity index (χ1) is 10.6. The third-order valence-electron chi connectivity index (χ3n) is 3.69. The number of nitrogens with one attached hydrogen (secondary N) is 1. The Morgan fingerprint density at radius 1 is 1.09 bits per heavy atom. The standard InChI is InChI=1S/C16H13N5O/c1-9-8-12-14(16(22)17-9)18-19-15-13(10(2)20-21(12)15)11-6-4-3-5-7-11/h3-8H,1-2H3,(H,17,22). The Morgan fingerprint density at radius 2 is 1.86 bits per heavy atom. The van der Waals surface area contributed by atoms with Crippen LogP contribution in [-0.2, 0) is 0 Å². The summed E-state index contributed by atoms with van der Waals surface area (Å²) < 4.78 is 1.70. The van der Waals surface area contributed by atoms with Crippen LogP contribution < -0.4 is 5.56 Å². The maximum Gasteiger partial charge on any atom is 0.278 e. The largest absolute Gasteiger partial charge is 0.324 e. The number of fused-ring (bicyclic) bond motifs is 3. The summed E-state index contributed by atoms with van der Waals surface area (Å²) in [6.07, 6.45) is 0. The number of H-pyrrole nitrogens is 1. The minimum atomic E-state index is -0.251. The van der Waals surface area contributed by atoms with Crippen LogP contribution in [0.15, 0.2) is 41.2 Å². The second-order valence-corrected chi connectivity index (χ2v) is 5.28. The Balaban J connectivity index is 2.16. The van der Waals surface area contributed by atoms with E-state index >= 15 is 0 Å². The van der Waals surface area contributed by atoms with Gasteiger partial charge in [-0.05, 0) is 25.5 Å². The Hall–Kier alpha value is -3.02. The lowest BCUT2D eigenvalue weighted by Crippen LogP contribution is -2.12. The molecule has 0 fully saturated rings. The topological polar surface area (TPSA) is 75.9 Å². The van der Waals surface area contributed by atoms with E-state index in [2.05, 4.69) is 20.3 Å². The lowest BCUT2D eigenvalue weighted by Gasteiger charge is -2.02. The minimum Gasteiger partial charge on any atom is -0.324 e. The Bertz CT molecular complexity index is 1060. The van der Waals surface area contributed by atoms with Gasteiger partial charge in [-0.15, -0.1) is 10.2 Å². The van der Waals surface area contributed by atoms with Crippen molar-refractivity contribution in [1.29, 1.82) is 0 Å². The fourth-order valence-corrected chi connectivity index (χ4v) is 2.74. The van der Waals surface area contributed by atoms with Crippen LogP contribution in [0.4, 0.5) is 0 Å². The molecule has 0 radical (unpaired) electrons. The van der Waals surface area contributed by atoms with Crippen LogP contribution in [-0.4, -0.2) is 24.8 Å². The molecule has 0 aliphatic rings. The fraction of sp³-hybridized carbons (Fsp3) is 0.125. The van der Waals surface area contributed by atoms with Crippen LogP contribution in [0.25, 0.3) is 27.8 Å². The molecule has 4 rings (SSSR count). The summed E-state index contributed by atoms with van der Waals surface area (Å²) in [4.78, 5) is 14.7. The van der Waals surface area contributed by atoms with Gasteiger partial charge in [0.05, 0.1) is 11.3 Å². The van der Waals surface area contributed by atoms with Gasteiger partial charge in [0.1, 0.15) is 5.52 Å². The molecule has 22 heavy (non-hydrogen) atoms. The number of aromatic amines is 1. The van der Waals surface area contributed by atoms with Gasteiger partial charge in [0.25, 0.3) is 5.56 Å². The highest BCUT2D eigenvalue weighted by Gasteiger charge is 2.16. The molecule has 0 atom stereocenters. The monoisotopic (exact) mass is 291 g/mol. The van der Waals surface area contributed by atoms with Crippen molar-refractivity contribution in [2.45, 2.75) is 13.8 Å². The molecule has 6 nitrogen and oxygen atoms in total. The lowest BCUT2D eigenvalue weighted by atomic mass is 10.1. The molecule has 0 saturated heterocycles. The number of nitrogens with zero attached hydrogens (tertiary/aromatic N) is 4. The predicted octanol–water partition coefficient (Wildman–Crippen LogP) is 2.25. The summed E-state index contributed by atoms with van der Waals surface area (Å²) in [6, 6.07) is 11.8. The highest BCUT2D eigenvalue weighted by Crippen LogP contribution is 2.27. The number of aryl methyl sites for hydroxylation is 2. The number of benzene rings is 1. The minimum absolute atomic E-state index is 0.251. The van der Waals surface area contributed by atoms with E-state index in [4.69, 9.17) is 0 Å². The summed E-state index contributed by atoms with van der Waals surface area (Å²) >= 11 is 0. The van der Waals surface area contributed by atoms with Crippen LogP contribution in [0.3, 0.4) is 0 Å². The zero-order valence-electron chi connectivity index (χ0n) is 12.2. The molecule has 0 spiro atoms. The van der Waals surface area contributed by atoms with Crippen molar-refractivity contribution in [3.8, 4) is 11.1 Å². The first-order valence-corrected chi connectivity index (χ1v) is 6.96. The summed E-state index contributed by atoms with van der Waals surface area (Å²) in [5, 5.41) is 12.9. The SMILES string of the molecule is Cc1cc2c(nnc3c(-c4ccccc4)c(C)nn32)c(=O)[nH]1. The van der Waals surface area contributed by atoms with Crippen molar-refractivity contribution in [2.75, 3.05) is 0 Å². The average molecular weight is 291 g/mol. The molecule has 6 heteroatoms. The third kappa shape index (κ3) is 1.74. The summed E-state index contributed by atoms with van der Waals surface area (Å²) in [5.74, 6) is 0. The van der Waals surface area contributed by atoms with Gasteiger partial charge in [-0.2, -0.15) is 5.10 Å². The molecular formula is C16H13N5O. The molecule has 0 amide bonds. The van der Waals surface area contributed by atoms with E-state index in [1.165, 1.54) is 0 Å². The van der Waals surface area contributed by atoms with E-state index in [9.17, 15) is 4.79 Å². The molecule has 1 aromatic carbocycles. The van der Waals surface area contributed by atoms with Gasteiger partial charge in [0.15, 0.2) is 11.2 Å². The first-order valence-electron chi connectivity index (χ1n) is 6.96. The number of rotatable bonds is 1. The van der Waals surface area contributed by atoms with Gasteiger partial charge in [0.2, 0.25) is 0 Å². The number of pyridine rings is 1. The normalized spacial score (nSPS) is 11.4. The van der Waals surface area contributed by atoms with Gasteiger partial charge >= 0.3 is 0 Å². The van der Waals surface area contributed by atoms with Gasteiger partial charge in [0, 0.05) is 5.69 Å². The molecule has 0 bridgehead atoms.